The van der Waals surface area contributed by atoms with Gasteiger partial charge in [-0.05, 0) is 6.92 Å². The normalized spacial score (nSPS) is 16.4. The molecule has 2 heterocycles. The molecule has 1 aromatic heterocycles. The fraction of sp³-hybridized carbons (Fsp3) is 0.615. The molecule has 1 saturated heterocycles. The number of nitrogens with zero attached hydrogens (tertiary/aromatic N) is 3. The van der Waals surface area contributed by atoms with E-state index in [9.17, 15) is 9.59 Å². The summed E-state index contributed by atoms with van der Waals surface area (Å²) in [7, 11) is 0. The molecule has 0 spiro atoms. The number of aryl methyl sites for hydroxylation is 2. The van der Waals surface area contributed by atoms with Gasteiger partial charge in [0.2, 0.25) is 5.76 Å². The number of oxazole rings is 1. The maximum atomic E-state index is 12.3. The van der Waals surface area contributed by atoms with E-state index in [0.29, 0.717) is 50.1 Å². The van der Waals surface area contributed by atoms with Crippen molar-refractivity contribution in [3.8, 4) is 0 Å². The van der Waals surface area contributed by atoms with Crippen molar-refractivity contribution < 1.29 is 19.1 Å². The van der Waals surface area contributed by atoms with Crippen molar-refractivity contribution in [3.63, 3.8) is 0 Å². The minimum Gasteiger partial charge on any atom is -0.481 e. The molecule has 1 aliphatic rings. The molecular formula is C13H19N3O4. The van der Waals surface area contributed by atoms with Crippen molar-refractivity contribution in [3.05, 3.63) is 17.3 Å². The van der Waals surface area contributed by atoms with Crippen molar-refractivity contribution in [2.24, 2.45) is 0 Å². The number of aliphatic carboxylic acids is 1. The second-order valence-electron chi connectivity index (χ2n) is 4.92. The minimum absolute atomic E-state index is 0.133. The van der Waals surface area contributed by atoms with E-state index in [0.717, 1.165) is 0 Å². The highest BCUT2D eigenvalue weighted by molar-refractivity contribution is 5.92. The van der Waals surface area contributed by atoms with E-state index in [1.54, 1.807) is 18.7 Å². The number of carboxylic acid groups (broad SMARTS) is 1. The fourth-order valence-corrected chi connectivity index (χ4v) is 2.30. The van der Waals surface area contributed by atoms with Crippen molar-refractivity contribution >= 4 is 11.9 Å². The number of rotatable bonds is 4. The maximum Gasteiger partial charge on any atom is 0.304 e. The van der Waals surface area contributed by atoms with Gasteiger partial charge < -0.3 is 14.4 Å². The lowest BCUT2D eigenvalue weighted by Gasteiger charge is -2.34. The monoisotopic (exact) mass is 281 g/mol. The summed E-state index contributed by atoms with van der Waals surface area (Å²) in [4.78, 5) is 30.7. The fourth-order valence-electron chi connectivity index (χ4n) is 2.30. The number of hydrogen-bond acceptors (Lipinski definition) is 5. The molecule has 0 aromatic carbocycles. The molecule has 0 radical (unpaired) electrons. The summed E-state index contributed by atoms with van der Waals surface area (Å²) in [6.45, 7) is 6.53. The summed E-state index contributed by atoms with van der Waals surface area (Å²) >= 11 is 0. The SMILES string of the molecule is Cc1nc(C)c(C(=O)N2CCN(CCC(=O)O)CC2)o1. The Hall–Kier alpha value is -1.89. The number of carbonyl (C=O) groups excluding carboxylic acids is 1. The summed E-state index contributed by atoms with van der Waals surface area (Å²) in [6, 6.07) is 0. The predicted octanol–water partition coefficient (Wildman–Crippen LogP) is 0.524. The Kier molecular flexibility index (Phi) is 4.39. The van der Waals surface area contributed by atoms with Gasteiger partial charge in [-0.2, -0.15) is 0 Å². The number of amides is 1. The second kappa shape index (κ2) is 6.04. The molecule has 20 heavy (non-hydrogen) atoms. The van der Waals surface area contributed by atoms with Crippen LogP contribution >= 0.6 is 0 Å². The molecule has 0 bridgehead atoms. The Bertz CT molecular complexity index is 504. The van der Waals surface area contributed by atoms with Crippen LogP contribution < -0.4 is 0 Å². The third-order valence-electron chi connectivity index (χ3n) is 3.40. The first kappa shape index (κ1) is 14.5. The third kappa shape index (κ3) is 3.36. The van der Waals surface area contributed by atoms with Crippen molar-refractivity contribution in [1.29, 1.82) is 0 Å². The van der Waals surface area contributed by atoms with Gasteiger partial charge in [0.15, 0.2) is 5.89 Å². The topological polar surface area (TPSA) is 86.9 Å². The molecular weight excluding hydrogens is 262 g/mol. The van der Waals surface area contributed by atoms with Crippen LogP contribution in [-0.4, -0.2) is 64.5 Å². The van der Waals surface area contributed by atoms with E-state index in [2.05, 4.69) is 9.88 Å². The van der Waals surface area contributed by atoms with Crippen LogP contribution in [0.2, 0.25) is 0 Å². The van der Waals surface area contributed by atoms with E-state index in [4.69, 9.17) is 9.52 Å². The maximum absolute atomic E-state index is 12.3. The van der Waals surface area contributed by atoms with E-state index < -0.39 is 5.97 Å². The standard InChI is InChI=1S/C13H19N3O4/c1-9-12(20-10(2)14-9)13(19)16-7-5-15(6-8-16)4-3-11(17)18/h3-8H2,1-2H3,(H,17,18). The van der Waals surface area contributed by atoms with Crippen LogP contribution in [0.5, 0.6) is 0 Å². The Morgan fingerprint density at radius 1 is 1.25 bits per heavy atom. The summed E-state index contributed by atoms with van der Waals surface area (Å²) in [5.41, 5.74) is 0.612. The summed E-state index contributed by atoms with van der Waals surface area (Å²) < 4.78 is 5.34. The van der Waals surface area contributed by atoms with Gasteiger partial charge in [-0.3, -0.25) is 14.5 Å². The van der Waals surface area contributed by atoms with Crippen molar-refractivity contribution in [2.75, 3.05) is 32.7 Å². The Morgan fingerprint density at radius 3 is 2.40 bits per heavy atom. The quantitative estimate of drug-likeness (QED) is 0.866. The highest BCUT2D eigenvalue weighted by Gasteiger charge is 2.26. The molecule has 0 atom stereocenters. The lowest BCUT2D eigenvalue weighted by Crippen LogP contribution is -2.49. The largest absolute Gasteiger partial charge is 0.481 e. The molecule has 1 aliphatic heterocycles. The molecule has 1 aromatic rings. The van der Waals surface area contributed by atoms with Crippen LogP contribution in [0.25, 0.3) is 0 Å². The van der Waals surface area contributed by atoms with Gasteiger partial charge >= 0.3 is 5.97 Å². The third-order valence-corrected chi connectivity index (χ3v) is 3.40. The molecule has 0 aliphatic carbocycles. The Morgan fingerprint density at radius 2 is 1.90 bits per heavy atom. The van der Waals surface area contributed by atoms with Gasteiger partial charge in [0, 0.05) is 39.6 Å². The predicted molar refractivity (Wildman–Crippen MR) is 70.6 cm³/mol. The number of carbonyl (C=O) groups is 2. The van der Waals surface area contributed by atoms with E-state index in [-0.39, 0.29) is 12.3 Å². The molecule has 7 nitrogen and oxygen atoms in total. The lowest BCUT2D eigenvalue weighted by atomic mass is 10.2. The first-order valence-electron chi connectivity index (χ1n) is 6.65. The number of carboxylic acids is 1. The number of piperazine rings is 1. The van der Waals surface area contributed by atoms with Gasteiger partial charge in [0.1, 0.15) is 0 Å². The van der Waals surface area contributed by atoms with E-state index in [1.807, 2.05) is 0 Å². The highest BCUT2D eigenvalue weighted by atomic mass is 16.4. The first-order chi connectivity index (χ1) is 9.47. The molecule has 0 unspecified atom stereocenters. The number of aromatic nitrogens is 1. The highest BCUT2D eigenvalue weighted by Crippen LogP contribution is 2.14. The van der Waals surface area contributed by atoms with Gasteiger partial charge in [0.05, 0.1) is 12.1 Å². The van der Waals surface area contributed by atoms with Crippen LogP contribution in [0, 0.1) is 13.8 Å². The molecule has 1 fully saturated rings. The van der Waals surface area contributed by atoms with Crippen LogP contribution in [0.1, 0.15) is 28.6 Å². The zero-order chi connectivity index (χ0) is 14.7. The average molecular weight is 281 g/mol. The zero-order valence-corrected chi connectivity index (χ0v) is 11.8. The van der Waals surface area contributed by atoms with Crippen molar-refractivity contribution in [2.45, 2.75) is 20.3 Å². The zero-order valence-electron chi connectivity index (χ0n) is 11.8. The van der Waals surface area contributed by atoms with Crippen LogP contribution in [0.3, 0.4) is 0 Å². The first-order valence-corrected chi connectivity index (χ1v) is 6.65. The van der Waals surface area contributed by atoms with Crippen LogP contribution in [0.4, 0.5) is 0 Å². The van der Waals surface area contributed by atoms with E-state index in [1.165, 1.54) is 0 Å². The molecule has 1 amide bonds. The van der Waals surface area contributed by atoms with Gasteiger partial charge in [-0.15, -0.1) is 0 Å². The average Bonchev–Trinajstić information content (AvgIpc) is 2.75. The van der Waals surface area contributed by atoms with Gasteiger partial charge in [0.25, 0.3) is 5.91 Å². The summed E-state index contributed by atoms with van der Waals surface area (Å²) in [5, 5.41) is 8.66. The summed E-state index contributed by atoms with van der Waals surface area (Å²) in [5.74, 6) is -0.135. The molecule has 0 saturated carbocycles. The van der Waals surface area contributed by atoms with Crippen LogP contribution in [-0.2, 0) is 4.79 Å². The number of hydrogen-bond donors (Lipinski definition) is 1. The lowest BCUT2D eigenvalue weighted by molar-refractivity contribution is -0.137. The minimum atomic E-state index is -0.795. The van der Waals surface area contributed by atoms with Crippen LogP contribution in [0.15, 0.2) is 4.42 Å². The molecule has 2 rings (SSSR count). The Labute approximate surface area is 117 Å². The van der Waals surface area contributed by atoms with E-state index >= 15 is 0 Å². The molecule has 110 valence electrons. The second-order valence-corrected chi connectivity index (χ2v) is 4.92. The smallest absolute Gasteiger partial charge is 0.304 e. The summed E-state index contributed by atoms with van der Waals surface area (Å²) in [6.07, 6.45) is 0.133. The van der Waals surface area contributed by atoms with Gasteiger partial charge in [-0.1, -0.05) is 0 Å². The van der Waals surface area contributed by atoms with Crippen molar-refractivity contribution in [1.82, 2.24) is 14.8 Å². The Balaban J connectivity index is 1.89. The molecule has 7 heteroatoms. The molecule has 1 N–H and O–H groups in total. The van der Waals surface area contributed by atoms with Gasteiger partial charge in [-0.25, -0.2) is 4.98 Å².